The summed E-state index contributed by atoms with van der Waals surface area (Å²) in [5, 5.41) is 2.71. The van der Waals surface area contributed by atoms with E-state index in [4.69, 9.17) is 0 Å². The lowest BCUT2D eigenvalue weighted by molar-refractivity contribution is -0.185. The summed E-state index contributed by atoms with van der Waals surface area (Å²) in [4.78, 5) is 42.5. The lowest BCUT2D eigenvalue weighted by atomic mass is 9.64. The number of allylic oxidation sites excluding steroid dienone is 1. The van der Waals surface area contributed by atoms with Crippen molar-refractivity contribution in [3.63, 3.8) is 0 Å². The number of nitrogens with one attached hydrogen (secondary N) is 1. The molecule has 0 spiro atoms. The minimum atomic E-state index is -5.27. The Bertz CT molecular complexity index is 1470. The van der Waals surface area contributed by atoms with E-state index in [1.165, 1.54) is 19.1 Å². The quantitative estimate of drug-likeness (QED) is 0.558. The van der Waals surface area contributed by atoms with Crippen molar-refractivity contribution >= 4 is 17.4 Å². The number of amides is 1. The number of halogens is 3. The SMILES string of the molecule is Cc1[nH]n(-c2ccccc2)c(=O)c1C1(C(F)(F)F)C(=O)N(c2ccccc2)C2=C1C(=O)C(C)(C)CC2. The Kier molecular flexibility index (Phi) is 5.17. The molecule has 2 aromatic carbocycles. The second kappa shape index (κ2) is 7.81. The molecule has 1 aliphatic carbocycles. The number of anilines is 1. The zero-order chi connectivity index (χ0) is 26.0. The van der Waals surface area contributed by atoms with Crippen LogP contribution in [0.4, 0.5) is 18.9 Å². The number of aryl methyl sites for hydroxylation is 1. The fraction of sp³-hybridized carbons (Fsp3) is 0.296. The molecule has 1 unspecified atom stereocenters. The largest absolute Gasteiger partial charge is 0.411 e. The fourth-order valence-electron chi connectivity index (χ4n) is 5.38. The Morgan fingerprint density at radius 1 is 0.889 bits per heavy atom. The predicted octanol–water partition coefficient (Wildman–Crippen LogP) is 4.96. The molecule has 1 atom stereocenters. The summed E-state index contributed by atoms with van der Waals surface area (Å²) in [5.41, 5.74) is -6.64. The molecule has 6 nitrogen and oxygen atoms in total. The van der Waals surface area contributed by atoms with Crippen LogP contribution in [0.2, 0.25) is 0 Å². The summed E-state index contributed by atoms with van der Waals surface area (Å²) in [5.74, 6) is -2.14. The Hall–Kier alpha value is -3.88. The topological polar surface area (TPSA) is 75.2 Å². The third-order valence-corrected chi connectivity index (χ3v) is 7.19. The van der Waals surface area contributed by atoms with E-state index < -0.39 is 45.4 Å². The Labute approximate surface area is 205 Å². The van der Waals surface area contributed by atoms with Gasteiger partial charge >= 0.3 is 6.18 Å². The van der Waals surface area contributed by atoms with Gasteiger partial charge in [0.25, 0.3) is 11.5 Å². The van der Waals surface area contributed by atoms with Crippen LogP contribution in [-0.4, -0.2) is 27.6 Å². The first-order valence-corrected chi connectivity index (χ1v) is 11.5. The van der Waals surface area contributed by atoms with Gasteiger partial charge in [-0.2, -0.15) is 13.2 Å². The summed E-state index contributed by atoms with van der Waals surface area (Å²) in [6.45, 7) is 4.46. The molecule has 9 heteroatoms. The number of rotatable bonds is 3. The van der Waals surface area contributed by atoms with Crippen LogP contribution in [-0.2, 0) is 15.0 Å². The number of hydrogen-bond acceptors (Lipinski definition) is 3. The summed E-state index contributed by atoms with van der Waals surface area (Å²) in [7, 11) is 0. The molecule has 3 aromatic rings. The number of hydrogen-bond donors (Lipinski definition) is 1. The summed E-state index contributed by atoms with van der Waals surface area (Å²) in [6.07, 6.45) is -4.91. The number of aromatic amines is 1. The maximum atomic E-state index is 15.4. The molecule has 1 aromatic heterocycles. The molecule has 1 aliphatic heterocycles. The monoisotopic (exact) mass is 495 g/mol. The van der Waals surface area contributed by atoms with E-state index in [9.17, 15) is 14.4 Å². The molecule has 5 rings (SSSR count). The maximum absolute atomic E-state index is 15.4. The molecule has 1 N–H and O–H groups in total. The number of benzene rings is 2. The minimum Gasteiger partial charge on any atom is -0.295 e. The number of aromatic nitrogens is 2. The van der Waals surface area contributed by atoms with Crippen LogP contribution in [0.25, 0.3) is 5.69 Å². The predicted molar refractivity (Wildman–Crippen MR) is 128 cm³/mol. The van der Waals surface area contributed by atoms with Gasteiger partial charge in [0.1, 0.15) is 0 Å². The van der Waals surface area contributed by atoms with Gasteiger partial charge < -0.3 is 0 Å². The number of para-hydroxylation sites is 2. The smallest absolute Gasteiger partial charge is 0.295 e. The second-order valence-electron chi connectivity index (χ2n) is 9.85. The van der Waals surface area contributed by atoms with Crippen molar-refractivity contribution in [3.8, 4) is 5.69 Å². The molecule has 0 radical (unpaired) electrons. The maximum Gasteiger partial charge on any atom is 0.411 e. The molecule has 2 heterocycles. The number of nitrogens with zero attached hydrogens (tertiary/aromatic N) is 2. The van der Waals surface area contributed by atoms with E-state index in [0.717, 1.165) is 9.58 Å². The van der Waals surface area contributed by atoms with Gasteiger partial charge in [0.05, 0.1) is 11.3 Å². The number of Topliss-reactive ketones (excluding diaryl/α,β-unsaturated/α-hetero) is 1. The molecule has 0 fully saturated rings. The van der Waals surface area contributed by atoms with Gasteiger partial charge in [-0.3, -0.25) is 24.4 Å². The van der Waals surface area contributed by atoms with E-state index in [2.05, 4.69) is 5.10 Å². The molecule has 1 amide bonds. The van der Waals surface area contributed by atoms with Crippen molar-refractivity contribution in [2.24, 2.45) is 5.41 Å². The van der Waals surface area contributed by atoms with Crippen LogP contribution in [0.1, 0.15) is 37.9 Å². The zero-order valence-electron chi connectivity index (χ0n) is 19.9. The Morgan fingerprint density at radius 2 is 1.44 bits per heavy atom. The number of ketones is 1. The first-order chi connectivity index (χ1) is 16.9. The Balaban J connectivity index is 1.89. The van der Waals surface area contributed by atoms with Crippen molar-refractivity contribution in [1.29, 1.82) is 0 Å². The lowest BCUT2D eigenvalue weighted by Crippen LogP contribution is -2.56. The van der Waals surface area contributed by atoms with E-state index in [0.29, 0.717) is 5.69 Å². The highest BCUT2D eigenvalue weighted by molar-refractivity contribution is 6.20. The minimum absolute atomic E-state index is 0.000823. The Morgan fingerprint density at radius 3 is 2.00 bits per heavy atom. The molecule has 0 bridgehead atoms. The van der Waals surface area contributed by atoms with Crippen molar-refractivity contribution in [2.75, 3.05) is 4.90 Å². The van der Waals surface area contributed by atoms with Gasteiger partial charge in [0.15, 0.2) is 5.78 Å². The van der Waals surface area contributed by atoms with Gasteiger partial charge in [-0.25, -0.2) is 4.68 Å². The highest BCUT2D eigenvalue weighted by atomic mass is 19.4. The van der Waals surface area contributed by atoms with Crippen molar-refractivity contribution < 1.29 is 22.8 Å². The zero-order valence-corrected chi connectivity index (χ0v) is 19.9. The fourth-order valence-corrected chi connectivity index (χ4v) is 5.38. The van der Waals surface area contributed by atoms with Gasteiger partial charge in [0, 0.05) is 28.1 Å². The highest BCUT2D eigenvalue weighted by Gasteiger charge is 2.73. The van der Waals surface area contributed by atoms with Crippen molar-refractivity contribution in [2.45, 2.75) is 45.2 Å². The first kappa shape index (κ1) is 23.8. The van der Waals surface area contributed by atoms with E-state index >= 15 is 13.2 Å². The molecular formula is C27H24F3N3O3. The van der Waals surface area contributed by atoms with Crippen LogP contribution in [0.3, 0.4) is 0 Å². The molecule has 36 heavy (non-hydrogen) atoms. The summed E-state index contributed by atoms with van der Waals surface area (Å²) < 4.78 is 47.2. The summed E-state index contributed by atoms with van der Waals surface area (Å²) >= 11 is 0. The standard InChI is InChI=1S/C27H24F3N3O3/c1-16-20(23(35)33(31-16)18-12-8-5-9-13-18)26(27(28,29)30)21-19(14-15-25(2,3)22(21)34)32(24(26)36)17-10-6-4-7-11-17/h4-13,31H,14-15H2,1-3H3. The van der Waals surface area contributed by atoms with E-state index in [-0.39, 0.29) is 29.9 Å². The number of carbonyl (C=O) groups is 2. The van der Waals surface area contributed by atoms with Crippen molar-refractivity contribution in [3.05, 3.63) is 93.5 Å². The average Bonchev–Trinajstić information content (AvgIpc) is 3.28. The normalized spacial score (nSPS) is 21.8. The third kappa shape index (κ3) is 3.08. The molecule has 0 saturated heterocycles. The molecular weight excluding hydrogens is 471 g/mol. The van der Waals surface area contributed by atoms with Crippen molar-refractivity contribution in [1.82, 2.24) is 9.78 Å². The number of carbonyl (C=O) groups excluding carboxylic acids is 2. The van der Waals surface area contributed by atoms with Gasteiger partial charge in [-0.1, -0.05) is 50.2 Å². The number of H-pyrrole nitrogens is 1. The van der Waals surface area contributed by atoms with Crippen LogP contribution >= 0.6 is 0 Å². The van der Waals surface area contributed by atoms with Gasteiger partial charge in [0.2, 0.25) is 5.41 Å². The highest BCUT2D eigenvalue weighted by Crippen LogP contribution is 2.58. The summed E-state index contributed by atoms with van der Waals surface area (Å²) in [6, 6.07) is 16.1. The molecule has 186 valence electrons. The van der Waals surface area contributed by atoms with Crippen LogP contribution in [0.15, 0.2) is 76.7 Å². The van der Waals surface area contributed by atoms with Crippen LogP contribution < -0.4 is 10.5 Å². The van der Waals surface area contributed by atoms with E-state index in [1.807, 2.05) is 0 Å². The average molecular weight is 496 g/mol. The molecule has 0 saturated carbocycles. The van der Waals surface area contributed by atoms with Gasteiger partial charge in [-0.15, -0.1) is 0 Å². The van der Waals surface area contributed by atoms with Crippen LogP contribution in [0.5, 0.6) is 0 Å². The number of alkyl halides is 3. The lowest BCUT2D eigenvalue weighted by Gasteiger charge is -2.36. The third-order valence-electron chi connectivity index (χ3n) is 7.19. The second-order valence-corrected chi connectivity index (χ2v) is 9.85. The van der Waals surface area contributed by atoms with Crippen LogP contribution in [0, 0.1) is 12.3 Å². The first-order valence-electron chi connectivity index (χ1n) is 11.5. The molecule has 2 aliphatic rings. The van der Waals surface area contributed by atoms with Gasteiger partial charge in [-0.05, 0) is 44.0 Å². The van der Waals surface area contributed by atoms with E-state index in [1.54, 1.807) is 62.4 Å².